The molecule has 1 aliphatic rings. The zero-order valence-electron chi connectivity index (χ0n) is 17.6. The van der Waals surface area contributed by atoms with Crippen LogP contribution in [-0.2, 0) is 11.2 Å². The van der Waals surface area contributed by atoms with E-state index in [-0.39, 0.29) is 17.9 Å². The Morgan fingerprint density at radius 2 is 1.82 bits per heavy atom. The molecule has 0 spiro atoms. The van der Waals surface area contributed by atoms with Crippen LogP contribution in [0.2, 0.25) is 0 Å². The van der Waals surface area contributed by atoms with Crippen LogP contribution in [0.3, 0.4) is 0 Å². The third-order valence-corrected chi connectivity index (χ3v) is 5.21. The van der Waals surface area contributed by atoms with Gasteiger partial charge in [-0.05, 0) is 36.2 Å². The Morgan fingerprint density at radius 1 is 1.09 bits per heavy atom. The highest BCUT2D eigenvalue weighted by atomic mass is 19.4. The molecule has 0 bridgehead atoms. The van der Waals surface area contributed by atoms with Crippen molar-refractivity contribution in [3.8, 4) is 17.0 Å². The molecule has 4 rings (SSSR count). The van der Waals surface area contributed by atoms with Crippen LogP contribution < -0.4 is 4.74 Å². The van der Waals surface area contributed by atoms with Gasteiger partial charge in [0.15, 0.2) is 0 Å². The van der Waals surface area contributed by atoms with Crippen LogP contribution in [0.5, 0.6) is 5.75 Å². The minimum absolute atomic E-state index is 0.209. The number of hydrogen-bond donors (Lipinski definition) is 0. The lowest BCUT2D eigenvalue weighted by atomic mass is 10.0. The van der Waals surface area contributed by atoms with Gasteiger partial charge in [-0.15, -0.1) is 18.3 Å². The third kappa shape index (κ3) is 5.58. The van der Waals surface area contributed by atoms with Crippen molar-refractivity contribution < 1.29 is 27.4 Å². The molecule has 1 aromatic heterocycles. The lowest BCUT2D eigenvalue weighted by molar-refractivity contribution is -0.274. The van der Waals surface area contributed by atoms with Crippen LogP contribution >= 0.6 is 0 Å². The van der Waals surface area contributed by atoms with E-state index in [9.17, 15) is 18.0 Å². The van der Waals surface area contributed by atoms with E-state index in [1.165, 1.54) is 30.5 Å². The maximum atomic E-state index is 13.2. The number of alkyl halides is 3. The SMILES string of the molecule is COC1C=C[C@H](Cc2ccccc2)N(C(=O)n2ncc(-c3ccc(OC(F)(F)F)cc3)n2)C1. The summed E-state index contributed by atoms with van der Waals surface area (Å²) in [5, 5.41) is 8.32. The Morgan fingerprint density at radius 3 is 2.48 bits per heavy atom. The molecular formula is C23H21F3N4O3. The van der Waals surface area contributed by atoms with Crippen molar-refractivity contribution in [3.05, 3.63) is 78.5 Å². The predicted octanol–water partition coefficient (Wildman–Crippen LogP) is 4.31. The van der Waals surface area contributed by atoms with E-state index < -0.39 is 12.4 Å². The van der Waals surface area contributed by atoms with Crippen LogP contribution in [0.4, 0.5) is 18.0 Å². The Labute approximate surface area is 188 Å². The van der Waals surface area contributed by atoms with E-state index in [1.807, 2.05) is 42.5 Å². The first-order valence-electron chi connectivity index (χ1n) is 10.2. The van der Waals surface area contributed by atoms with Crippen LogP contribution in [-0.4, -0.2) is 58.1 Å². The molecule has 0 aliphatic carbocycles. The molecule has 1 amide bonds. The summed E-state index contributed by atoms with van der Waals surface area (Å²) in [6, 6.07) is 14.4. The summed E-state index contributed by atoms with van der Waals surface area (Å²) in [7, 11) is 1.58. The number of benzene rings is 2. The standard InChI is InChI=1S/C23H21F3N4O3/c1-32-20-12-9-18(13-16-5-3-2-4-6-16)29(15-20)22(31)30-27-14-21(28-30)17-7-10-19(11-8-17)33-23(24,25)26/h2-12,14,18,20H,13,15H2,1H3/t18-,20?/m1/s1. The smallest absolute Gasteiger partial charge is 0.406 e. The lowest BCUT2D eigenvalue weighted by Gasteiger charge is -2.34. The van der Waals surface area contributed by atoms with Crippen molar-refractivity contribution in [3.63, 3.8) is 0 Å². The van der Waals surface area contributed by atoms with Gasteiger partial charge in [0.25, 0.3) is 0 Å². The zero-order chi connectivity index (χ0) is 23.4. The summed E-state index contributed by atoms with van der Waals surface area (Å²) in [6.45, 7) is 0.337. The van der Waals surface area contributed by atoms with Gasteiger partial charge in [-0.1, -0.05) is 47.3 Å². The first-order valence-corrected chi connectivity index (χ1v) is 10.2. The van der Waals surface area contributed by atoms with Crippen molar-refractivity contribution in [2.75, 3.05) is 13.7 Å². The molecule has 172 valence electrons. The Bertz CT molecular complexity index is 1110. The number of amides is 1. The molecule has 0 saturated carbocycles. The largest absolute Gasteiger partial charge is 0.573 e. The van der Waals surface area contributed by atoms with Crippen LogP contribution in [0.25, 0.3) is 11.3 Å². The van der Waals surface area contributed by atoms with Crippen LogP contribution in [0, 0.1) is 0 Å². The molecular weight excluding hydrogens is 437 g/mol. The number of ether oxygens (including phenoxy) is 2. The van der Waals surface area contributed by atoms with Crippen molar-refractivity contribution in [2.24, 2.45) is 0 Å². The van der Waals surface area contributed by atoms with Gasteiger partial charge in [0.2, 0.25) is 0 Å². The van der Waals surface area contributed by atoms with Crippen LogP contribution in [0.1, 0.15) is 5.56 Å². The van der Waals surface area contributed by atoms with E-state index >= 15 is 0 Å². The molecule has 0 fully saturated rings. The van der Waals surface area contributed by atoms with E-state index in [4.69, 9.17) is 4.74 Å². The van der Waals surface area contributed by atoms with Crippen molar-refractivity contribution in [1.29, 1.82) is 0 Å². The number of nitrogens with zero attached hydrogens (tertiary/aromatic N) is 4. The summed E-state index contributed by atoms with van der Waals surface area (Å²) >= 11 is 0. The summed E-state index contributed by atoms with van der Waals surface area (Å²) in [5.74, 6) is -0.343. The fourth-order valence-corrected chi connectivity index (χ4v) is 3.58. The Hall–Kier alpha value is -3.66. The fraction of sp³-hybridized carbons (Fsp3) is 0.261. The number of hydrogen-bond acceptors (Lipinski definition) is 5. The molecule has 0 radical (unpaired) electrons. The van der Waals surface area contributed by atoms with Crippen LogP contribution in [0.15, 0.2) is 72.9 Å². The second kappa shape index (κ2) is 9.45. The molecule has 3 aromatic rings. The second-order valence-electron chi connectivity index (χ2n) is 7.44. The van der Waals surface area contributed by atoms with Gasteiger partial charge in [0.05, 0.1) is 24.9 Å². The molecule has 0 N–H and O–H groups in total. The van der Waals surface area contributed by atoms with Crippen molar-refractivity contribution in [1.82, 2.24) is 19.9 Å². The molecule has 2 atom stereocenters. The average molecular weight is 458 g/mol. The zero-order valence-corrected chi connectivity index (χ0v) is 17.6. The fourth-order valence-electron chi connectivity index (χ4n) is 3.58. The Balaban J connectivity index is 1.52. The number of halogens is 3. The summed E-state index contributed by atoms with van der Waals surface area (Å²) in [5.41, 5.74) is 1.92. The highest BCUT2D eigenvalue weighted by Gasteiger charge is 2.32. The number of aromatic nitrogens is 3. The Kier molecular flexibility index (Phi) is 6.45. The van der Waals surface area contributed by atoms with E-state index in [0.717, 1.165) is 10.4 Å². The highest BCUT2D eigenvalue weighted by Crippen LogP contribution is 2.26. The second-order valence-corrected chi connectivity index (χ2v) is 7.44. The topological polar surface area (TPSA) is 69.5 Å². The normalized spacial score (nSPS) is 18.4. The van der Waals surface area contributed by atoms with Gasteiger partial charge in [-0.3, -0.25) is 0 Å². The molecule has 0 saturated heterocycles. The minimum atomic E-state index is -4.77. The maximum absolute atomic E-state index is 13.2. The van der Waals surface area contributed by atoms with Gasteiger partial charge in [0.1, 0.15) is 11.4 Å². The lowest BCUT2D eigenvalue weighted by Crippen LogP contribution is -2.49. The first kappa shape index (κ1) is 22.5. The maximum Gasteiger partial charge on any atom is 0.573 e. The average Bonchev–Trinajstić information content (AvgIpc) is 3.29. The molecule has 2 aromatic carbocycles. The van der Waals surface area contributed by atoms with Gasteiger partial charge in [-0.2, -0.15) is 5.10 Å². The summed E-state index contributed by atoms with van der Waals surface area (Å²) in [4.78, 5) is 15.9. The van der Waals surface area contributed by atoms with Gasteiger partial charge >= 0.3 is 12.4 Å². The predicted molar refractivity (Wildman–Crippen MR) is 114 cm³/mol. The first-order chi connectivity index (χ1) is 15.8. The minimum Gasteiger partial charge on any atom is -0.406 e. The molecule has 2 heterocycles. The quantitative estimate of drug-likeness (QED) is 0.533. The summed E-state index contributed by atoms with van der Waals surface area (Å²) in [6.07, 6.45) is 0.857. The van der Waals surface area contributed by atoms with Gasteiger partial charge in [-0.25, -0.2) is 4.79 Å². The number of carbonyl (C=O) groups is 1. The third-order valence-electron chi connectivity index (χ3n) is 5.21. The van der Waals surface area contributed by atoms with E-state index in [2.05, 4.69) is 14.9 Å². The molecule has 33 heavy (non-hydrogen) atoms. The molecule has 1 aliphatic heterocycles. The number of methoxy groups -OCH3 is 1. The van der Waals surface area contributed by atoms with Gasteiger partial charge < -0.3 is 14.4 Å². The molecule has 1 unspecified atom stereocenters. The van der Waals surface area contributed by atoms with Crippen molar-refractivity contribution >= 4 is 6.03 Å². The summed E-state index contributed by atoms with van der Waals surface area (Å²) < 4.78 is 46.3. The molecule has 7 nitrogen and oxygen atoms in total. The molecule has 10 heteroatoms. The van der Waals surface area contributed by atoms with E-state index in [1.54, 1.807) is 12.0 Å². The van der Waals surface area contributed by atoms with Gasteiger partial charge in [0, 0.05) is 12.7 Å². The number of carbonyl (C=O) groups excluding carboxylic acids is 1. The number of rotatable bonds is 5. The highest BCUT2D eigenvalue weighted by molar-refractivity contribution is 5.76. The monoisotopic (exact) mass is 458 g/mol. The van der Waals surface area contributed by atoms with E-state index in [0.29, 0.717) is 24.2 Å². The van der Waals surface area contributed by atoms with Crippen molar-refractivity contribution in [2.45, 2.75) is 24.9 Å².